The fraction of sp³-hybridized carbons (Fsp3) is 0.360. The molecule has 2 aromatic heterocycles. The third-order valence-corrected chi connectivity index (χ3v) is 6.18. The minimum Gasteiger partial charge on any atom is -0.355 e. The van der Waals surface area contributed by atoms with Crippen LogP contribution >= 0.6 is 0 Å². The molecule has 1 aliphatic heterocycles. The molecule has 0 bridgehead atoms. The Bertz CT molecular complexity index is 1290. The lowest BCUT2D eigenvalue weighted by atomic mass is 10.0. The highest BCUT2D eigenvalue weighted by Gasteiger charge is 2.23. The number of carbonyl (C=O) groups is 2. The quantitative estimate of drug-likeness (QED) is 0.561. The highest BCUT2D eigenvalue weighted by molar-refractivity contribution is 6.04. The smallest absolute Gasteiger partial charge is 0.274 e. The van der Waals surface area contributed by atoms with Gasteiger partial charge < -0.3 is 20.9 Å². The van der Waals surface area contributed by atoms with Gasteiger partial charge in [-0.15, -0.1) is 0 Å². The van der Waals surface area contributed by atoms with E-state index in [1.54, 1.807) is 32.0 Å². The topological polar surface area (TPSA) is 109 Å². The first-order chi connectivity index (χ1) is 17.2. The van der Waals surface area contributed by atoms with Crippen LogP contribution in [0.1, 0.15) is 40.1 Å². The number of rotatable bonds is 5. The second-order valence-electron chi connectivity index (χ2n) is 9.06. The maximum absolute atomic E-state index is 14.7. The highest BCUT2D eigenvalue weighted by Crippen LogP contribution is 2.29. The van der Waals surface area contributed by atoms with Crippen molar-refractivity contribution in [3.05, 3.63) is 59.4 Å². The van der Waals surface area contributed by atoms with Gasteiger partial charge in [0, 0.05) is 51.4 Å². The summed E-state index contributed by atoms with van der Waals surface area (Å²) in [6.07, 6.45) is 4.21. The molecule has 190 valence electrons. The predicted molar refractivity (Wildman–Crippen MR) is 133 cm³/mol. The number of nitrogens with two attached hydrogens (primary N) is 1. The molecule has 0 saturated carbocycles. The van der Waals surface area contributed by atoms with Crippen molar-refractivity contribution in [2.75, 3.05) is 37.4 Å². The number of benzene rings is 1. The van der Waals surface area contributed by atoms with Gasteiger partial charge in [-0.05, 0) is 49.6 Å². The number of hydrogen-bond acceptors (Lipinski definition) is 6. The van der Waals surface area contributed by atoms with Crippen molar-refractivity contribution in [3.8, 4) is 11.3 Å². The van der Waals surface area contributed by atoms with Crippen molar-refractivity contribution in [1.82, 2.24) is 19.7 Å². The van der Waals surface area contributed by atoms with Crippen molar-refractivity contribution in [2.24, 2.45) is 12.8 Å². The van der Waals surface area contributed by atoms with Crippen LogP contribution in [0.2, 0.25) is 0 Å². The van der Waals surface area contributed by atoms with Crippen LogP contribution in [-0.4, -0.2) is 64.7 Å². The van der Waals surface area contributed by atoms with E-state index >= 15 is 0 Å². The number of anilines is 2. The number of carbonyl (C=O) groups excluding carboxylic acids is 2. The maximum atomic E-state index is 14.7. The molecule has 0 radical (unpaired) electrons. The van der Waals surface area contributed by atoms with Crippen molar-refractivity contribution in [3.63, 3.8) is 0 Å². The summed E-state index contributed by atoms with van der Waals surface area (Å²) in [6.45, 7) is 1.50. The largest absolute Gasteiger partial charge is 0.355 e. The molecule has 1 aromatic carbocycles. The van der Waals surface area contributed by atoms with Crippen LogP contribution in [0.25, 0.3) is 11.3 Å². The number of halogens is 2. The van der Waals surface area contributed by atoms with Crippen LogP contribution in [0.3, 0.4) is 0 Å². The van der Waals surface area contributed by atoms with E-state index in [-0.39, 0.29) is 34.5 Å². The minimum absolute atomic E-state index is 0.108. The van der Waals surface area contributed by atoms with Crippen LogP contribution in [0, 0.1) is 11.6 Å². The van der Waals surface area contributed by atoms with Gasteiger partial charge in [-0.1, -0.05) is 0 Å². The van der Waals surface area contributed by atoms with Gasteiger partial charge in [0.15, 0.2) is 5.82 Å². The summed E-state index contributed by atoms with van der Waals surface area (Å²) in [7, 11) is 4.90. The molecule has 3 aromatic rings. The Hall–Kier alpha value is -3.86. The van der Waals surface area contributed by atoms with Crippen LogP contribution in [-0.2, 0) is 7.05 Å². The molecular weight excluding hydrogens is 468 g/mol. The number of amides is 2. The lowest BCUT2D eigenvalue weighted by Gasteiger charge is -2.24. The third kappa shape index (κ3) is 5.20. The normalized spacial score (nSPS) is 15.9. The molecule has 1 atom stereocenters. The van der Waals surface area contributed by atoms with Crippen molar-refractivity contribution >= 4 is 23.3 Å². The van der Waals surface area contributed by atoms with Gasteiger partial charge in [-0.25, -0.2) is 13.8 Å². The predicted octanol–water partition coefficient (Wildman–Crippen LogP) is 3.03. The standard InChI is InChI=1S/C25H29F2N7O2/c1-32(2)25(36)15-6-7-18(26)17(13-15)22-19(27)8-9-20(30-22)23(35)31-21-14-29-33(3)24(21)34-11-4-5-16(28)10-12-34/h6-9,13-14,16H,4-5,10-12,28H2,1-3H3,(H,31,35)/t16-/m1/s1. The fourth-order valence-electron chi connectivity index (χ4n) is 4.27. The lowest BCUT2D eigenvalue weighted by Crippen LogP contribution is -2.29. The zero-order valence-electron chi connectivity index (χ0n) is 20.5. The summed E-state index contributed by atoms with van der Waals surface area (Å²) >= 11 is 0. The summed E-state index contributed by atoms with van der Waals surface area (Å²) in [5.41, 5.74) is 6.08. The van der Waals surface area contributed by atoms with Crippen molar-refractivity contribution in [1.29, 1.82) is 0 Å². The lowest BCUT2D eigenvalue weighted by molar-refractivity contribution is 0.0827. The number of aromatic nitrogens is 3. The molecule has 1 aliphatic rings. The number of pyridine rings is 1. The summed E-state index contributed by atoms with van der Waals surface area (Å²) in [6, 6.07) is 6.03. The maximum Gasteiger partial charge on any atom is 0.274 e. The van der Waals surface area contributed by atoms with E-state index in [4.69, 9.17) is 5.73 Å². The number of nitrogens with one attached hydrogen (secondary N) is 1. The molecule has 3 N–H and O–H groups in total. The second kappa shape index (κ2) is 10.4. The van der Waals surface area contributed by atoms with E-state index in [0.29, 0.717) is 5.69 Å². The summed E-state index contributed by atoms with van der Waals surface area (Å²) < 4.78 is 31.0. The van der Waals surface area contributed by atoms with Crippen LogP contribution < -0.4 is 16.0 Å². The molecule has 1 saturated heterocycles. The van der Waals surface area contributed by atoms with E-state index in [0.717, 1.165) is 50.3 Å². The number of nitrogens with zero attached hydrogens (tertiary/aromatic N) is 5. The van der Waals surface area contributed by atoms with Gasteiger partial charge in [0.2, 0.25) is 0 Å². The molecule has 3 heterocycles. The average Bonchev–Trinajstić information content (AvgIpc) is 3.06. The van der Waals surface area contributed by atoms with Crippen LogP contribution in [0.15, 0.2) is 36.5 Å². The van der Waals surface area contributed by atoms with Crippen molar-refractivity contribution in [2.45, 2.75) is 25.3 Å². The van der Waals surface area contributed by atoms with Crippen molar-refractivity contribution < 1.29 is 18.4 Å². The Morgan fingerprint density at radius 3 is 2.61 bits per heavy atom. The number of aryl methyl sites for hydroxylation is 1. The summed E-state index contributed by atoms with van der Waals surface area (Å²) in [4.78, 5) is 33.0. The molecule has 9 nitrogen and oxygen atoms in total. The molecular formula is C25H29F2N7O2. The highest BCUT2D eigenvalue weighted by atomic mass is 19.1. The summed E-state index contributed by atoms with van der Waals surface area (Å²) in [5, 5.41) is 7.08. The second-order valence-corrected chi connectivity index (χ2v) is 9.06. The van der Waals surface area contributed by atoms with Gasteiger partial charge in [-0.3, -0.25) is 14.3 Å². The molecule has 2 amide bonds. The molecule has 0 spiro atoms. The zero-order chi connectivity index (χ0) is 26.0. The van der Waals surface area contributed by atoms with Crippen LogP contribution in [0.4, 0.5) is 20.3 Å². The van der Waals surface area contributed by atoms with E-state index in [1.165, 1.54) is 23.1 Å². The molecule has 0 aliphatic carbocycles. The van der Waals surface area contributed by atoms with E-state index in [9.17, 15) is 18.4 Å². The zero-order valence-corrected chi connectivity index (χ0v) is 20.5. The van der Waals surface area contributed by atoms with Gasteiger partial charge in [0.25, 0.3) is 11.8 Å². The van der Waals surface area contributed by atoms with E-state index in [1.807, 2.05) is 0 Å². The van der Waals surface area contributed by atoms with Gasteiger partial charge in [-0.2, -0.15) is 5.10 Å². The van der Waals surface area contributed by atoms with E-state index in [2.05, 4.69) is 20.3 Å². The van der Waals surface area contributed by atoms with Crippen LogP contribution in [0.5, 0.6) is 0 Å². The summed E-state index contributed by atoms with van der Waals surface area (Å²) in [5.74, 6) is -1.81. The average molecular weight is 498 g/mol. The molecule has 0 unspecified atom stereocenters. The fourth-order valence-corrected chi connectivity index (χ4v) is 4.27. The SMILES string of the molecule is CN(C)C(=O)c1ccc(F)c(-c2nc(C(=O)Nc3cnn(C)c3N3CCC[C@@H](N)CC3)ccc2F)c1. The monoisotopic (exact) mass is 497 g/mol. The van der Waals surface area contributed by atoms with Gasteiger partial charge in [0.1, 0.15) is 28.7 Å². The molecule has 36 heavy (non-hydrogen) atoms. The first kappa shape index (κ1) is 25.2. The first-order valence-electron chi connectivity index (χ1n) is 11.7. The minimum atomic E-state index is -0.817. The molecule has 4 rings (SSSR count). The Morgan fingerprint density at radius 2 is 1.86 bits per heavy atom. The Morgan fingerprint density at radius 1 is 1.11 bits per heavy atom. The molecule has 11 heteroatoms. The first-order valence-corrected chi connectivity index (χ1v) is 11.7. The Labute approximate surface area is 207 Å². The van der Waals surface area contributed by atoms with Gasteiger partial charge in [0.05, 0.1) is 6.20 Å². The van der Waals surface area contributed by atoms with E-state index < -0.39 is 17.5 Å². The third-order valence-electron chi connectivity index (χ3n) is 6.18. The van der Waals surface area contributed by atoms with Gasteiger partial charge >= 0.3 is 0 Å². The number of hydrogen-bond donors (Lipinski definition) is 2. The Balaban J connectivity index is 1.63. The molecule has 1 fully saturated rings. The Kier molecular flexibility index (Phi) is 7.30.